The number of carboxylic acids is 1. The lowest BCUT2D eigenvalue weighted by Gasteiger charge is -2.46. The first-order chi connectivity index (χ1) is 12.1. The summed E-state index contributed by atoms with van der Waals surface area (Å²) < 4.78 is 0. The molecule has 2 aromatic rings. The molecule has 5 nitrogen and oxygen atoms in total. The Morgan fingerprint density at radius 2 is 1.76 bits per heavy atom. The lowest BCUT2D eigenvalue weighted by molar-refractivity contribution is -0.153. The van der Waals surface area contributed by atoms with E-state index in [1.807, 2.05) is 50.2 Å². The zero-order valence-electron chi connectivity index (χ0n) is 14.9. The smallest absolute Gasteiger partial charge is 0.328 e. The van der Waals surface area contributed by atoms with E-state index in [1.54, 1.807) is 12.4 Å². The Morgan fingerprint density at radius 1 is 1.12 bits per heavy atom. The Kier molecular flexibility index (Phi) is 5.04. The minimum atomic E-state index is -0.963. The van der Waals surface area contributed by atoms with Gasteiger partial charge < -0.3 is 10.0 Å². The summed E-state index contributed by atoms with van der Waals surface area (Å²) in [5, 5.41) is 10.2. The van der Waals surface area contributed by atoms with Gasteiger partial charge in [0, 0.05) is 44.3 Å². The highest BCUT2D eigenvalue weighted by Gasteiger charge is 2.46. The molecule has 0 radical (unpaired) electrons. The van der Waals surface area contributed by atoms with Crippen molar-refractivity contribution in [3.8, 4) is 0 Å². The lowest BCUT2D eigenvalue weighted by atomic mass is 9.82. The van der Waals surface area contributed by atoms with E-state index in [2.05, 4.69) is 14.8 Å². The van der Waals surface area contributed by atoms with Crippen molar-refractivity contribution in [2.75, 3.05) is 31.1 Å². The van der Waals surface area contributed by atoms with Crippen LogP contribution in [0.15, 0.2) is 48.8 Å². The van der Waals surface area contributed by atoms with Crippen LogP contribution in [0, 0.1) is 6.92 Å². The maximum atomic E-state index is 12.4. The summed E-state index contributed by atoms with van der Waals surface area (Å²) in [5.74, 6) is -0.762. The molecule has 0 spiro atoms. The molecule has 1 aromatic carbocycles. The van der Waals surface area contributed by atoms with Crippen molar-refractivity contribution in [3.05, 3.63) is 59.9 Å². The van der Waals surface area contributed by atoms with Crippen LogP contribution in [0.1, 0.15) is 24.5 Å². The molecule has 132 valence electrons. The van der Waals surface area contributed by atoms with E-state index in [9.17, 15) is 9.90 Å². The van der Waals surface area contributed by atoms with Crippen molar-refractivity contribution in [1.29, 1.82) is 0 Å². The zero-order chi connectivity index (χ0) is 17.9. The van der Waals surface area contributed by atoms with Gasteiger partial charge in [-0.25, -0.2) is 4.79 Å². The molecule has 1 saturated heterocycles. The Labute approximate surface area is 148 Å². The molecule has 1 aliphatic heterocycles. The molecule has 0 bridgehead atoms. The third kappa shape index (κ3) is 3.12. The first-order valence-electron chi connectivity index (χ1n) is 8.79. The molecule has 2 heterocycles. The number of rotatable bonds is 5. The second kappa shape index (κ2) is 7.23. The number of aryl methyl sites for hydroxylation is 1. The van der Waals surface area contributed by atoms with Crippen LogP contribution in [0.2, 0.25) is 0 Å². The minimum Gasteiger partial charge on any atom is -0.480 e. The van der Waals surface area contributed by atoms with Crippen molar-refractivity contribution >= 4 is 11.7 Å². The van der Waals surface area contributed by atoms with E-state index >= 15 is 0 Å². The SMILES string of the molecule is CCC(C(=O)O)(c1ccccc1C)N1CCN(c2ccncc2)CC1. The van der Waals surface area contributed by atoms with Crippen LogP contribution in [0.5, 0.6) is 0 Å². The van der Waals surface area contributed by atoms with Gasteiger partial charge in [0.1, 0.15) is 5.54 Å². The second-order valence-electron chi connectivity index (χ2n) is 6.51. The number of benzene rings is 1. The Bertz CT molecular complexity index is 727. The van der Waals surface area contributed by atoms with E-state index in [-0.39, 0.29) is 0 Å². The highest BCUT2D eigenvalue weighted by molar-refractivity contribution is 5.81. The lowest BCUT2D eigenvalue weighted by Crippen LogP contribution is -2.59. The van der Waals surface area contributed by atoms with Crippen LogP contribution in [0.25, 0.3) is 0 Å². The number of aliphatic carboxylic acids is 1. The Hall–Kier alpha value is -2.40. The van der Waals surface area contributed by atoms with Gasteiger partial charge >= 0.3 is 5.97 Å². The summed E-state index contributed by atoms with van der Waals surface area (Å²) in [6.45, 7) is 7.02. The molecule has 1 unspecified atom stereocenters. The standard InChI is InChI=1S/C20H25N3O2/c1-3-20(19(24)25,18-7-5-4-6-16(18)2)23-14-12-22(13-15-23)17-8-10-21-11-9-17/h4-11H,3,12-15H2,1-2H3,(H,24,25). The third-order valence-corrected chi connectivity index (χ3v) is 5.30. The largest absolute Gasteiger partial charge is 0.480 e. The van der Waals surface area contributed by atoms with Crippen LogP contribution in [0.3, 0.4) is 0 Å². The van der Waals surface area contributed by atoms with Gasteiger partial charge in [-0.3, -0.25) is 9.88 Å². The van der Waals surface area contributed by atoms with Crippen LogP contribution in [-0.4, -0.2) is 47.1 Å². The average molecular weight is 339 g/mol. The molecule has 0 aliphatic carbocycles. The van der Waals surface area contributed by atoms with Gasteiger partial charge in [-0.05, 0) is 36.6 Å². The number of piperazine rings is 1. The fraction of sp³-hybridized carbons (Fsp3) is 0.400. The van der Waals surface area contributed by atoms with Gasteiger partial charge in [-0.1, -0.05) is 31.2 Å². The van der Waals surface area contributed by atoms with E-state index in [1.165, 1.54) is 0 Å². The van der Waals surface area contributed by atoms with Crippen molar-refractivity contribution in [3.63, 3.8) is 0 Å². The fourth-order valence-corrected chi connectivity index (χ4v) is 3.92. The average Bonchev–Trinajstić information content (AvgIpc) is 2.65. The highest BCUT2D eigenvalue weighted by atomic mass is 16.4. The van der Waals surface area contributed by atoms with Gasteiger partial charge in [0.15, 0.2) is 0 Å². The third-order valence-electron chi connectivity index (χ3n) is 5.30. The van der Waals surface area contributed by atoms with Crippen molar-refractivity contribution < 1.29 is 9.90 Å². The highest BCUT2D eigenvalue weighted by Crippen LogP contribution is 2.36. The maximum absolute atomic E-state index is 12.4. The molecule has 1 fully saturated rings. The van der Waals surface area contributed by atoms with Crippen LogP contribution >= 0.6 is 0 Å². The van der Waals surface area contributed by atoms with E-state index < -0.39 is 11.5 Å². The number of pyridine rings is 1. The number of aromatic nitrogens is 1. The second-order valence-corrected chi connectivity index (χ2v) is 6.51. The number of hydrogen-bond donors (Lipinski definition) is 1. The Morgan fingerprint density at radius 3 is 2.32 bits per heavy atom. The van der Waals surface area contributed by atoms with Crippen molar-refractivity contribution in [2.45, 2.75) is 25.8 Å². The van der Waals surface area contributed by atoms with Crippen LogP contribution < -0.4 is 4.90 Å². The van der Waals surface area contributed by atoms with E-state index in [0.717, 1.165) is 43.0 Å². The molecular weight excluding hydrogens is 314 g/mol. The maximum Gasteiger partial charge on any atom is 0.328 e. The topological polar surface area (TPSA) is 56.7 Å². The quantitative estimate of drug-likeness (QED) is 0.908. The molecule has 3 rings (SSSR count). The summed E-state index contributed by atoms with van der Waals surface area (Å²) >= 11 is 0. The monoisotopic (exact) mass is 339 g/mol. The molecule has 1 atom stereocenters. The molecule has 1 aromatic heterocycles. The van der Waals surface area contributed by atoms with Gasteiger partial charge in [-0.15, -0.1) is 0 Å². The fourth-order valence-electron chi connectivity index (χ4n) is 3.92. The van der Waals surface area contributed by atoms with Gasteiger partial charge in [0.2, 0.25) is 0 Å². The number of carbonyl (C=O) groups is 1. The molecule has 0 amide bonds. The van der Waals surface area contributed by atoms with Gasteiger partial charge in [0.25, 0.3) is 0 Å². The minimum absolute atomic E-state index is 0.544. The molecule has 25 heavy (non-hydrogen) atoms. The van der Waals surface area contributed by atoms with Crippen molar-refractivity contribution in [1.82, 2.24) is 9.88 Å². The summed E-state index contributed by atoms with van der Waals surface area (Å²) in [5.41, 5.74) is 2.11. The first kappa shape index (κ1) is 17.4. The molecule has 5 heteroatoms. The van der Waals surface area contributed by atoms with Gasteiger partial charge in [0.05, 0.1) is 0 Å². The van der Waals surface area contributed by atoms with E-state index in [4.69, 9.17) is 0 Å². The Balaban J connectivity index is 1.87. The molecule has 1 N–H and O–H groups in total. The zero-order valence-corrected chi connectivity index (χ0v) is 14.9. The van der Waals surface area contributed by atoms with Crippen LogP contribution in [0.4, 0.5) is 5.69 Å². The number of hydrogen-bond acceptors (Lipinski definition) is 4. The summed E-state index contributed by atoms with van der Waals surface area (Å²) in [6.07, 6.45) is 4.13. The summed E-state index contributed by atoms with van der Waals surface area (Å²) in [4.78, 5) is 20.9. The summed E-state index contributed by atoms with van der Waals surface area (Å²) in [7, 11) is 0. The normalized spacial score (nSPS) is 17.9. The van der Waals surface area contributed by atoms with Gasteiger partial charge in [-0.2, -0.15) is 0 Å². The van der Waals surface area contributed by atoms with Crippen molar-refractivity contribution in [2.24, 2.45) is 0 Å². The first-order valence-corrected chi connectivity index (χ1v) is 8.79. The number of carboxylic acid groups (broad SMARTS) is 1. The predicted octanol–water partition coefficient (Wildman–Crippen LogP) is 2.90. The predicted molar refractivity (Wildman–Crippen MR) is 98.8 cm³/mol. The summed E-state index contributed by atoms with van der Waals surface area (Å²) in [6, 6.07) is 11.9. The number of anilines is 1. The number of nitrogens with zero attached hydrogens (tertiary/aromatic N) is 3. The molecule has 1 aliphatic rings. The molecular formula is C20H25N3O2. The van der Waals surface area contributed by atoms with Crippen LogP contribution in [-0.2, 0) is 10.3 Å². The molecule has 0 saturated carbocycles. The van der Waals surface area contributed by atoms with E-state index in [0.29, 0.717) is 6.42 Å².